The lowest BCUT2D eigenvalue weighted by Gasteiger charge is -2.33. The van der Waals surface area contributed by atoms with E-state index < -0.39 is 95.1 Å². The second kappa shape index (κ2) is 25.0. The molecule has 22 heteroatoms. The molecule has 0 bridgehead atoms. The van der Waals surface area contributed by atoms with Gasteiger partial charge in [-0.25, -0.2) is 0 Å². The van der Waals surface area contributed by atoms with Crippen LogP contribution in [0.2, 0.25) is 0 Å². The smallest absolute Gasteiger partial charge is 0.246 e. The molecule has 1 aromatic carbocycles. The monoisotopic (exact) mass is 928 g/mol. The lowest BCUT2D eigenvalue weighted by atomic mass is 9.96. The molecule has 1 aliphatic heterocycles. The van der Waals surface area contributed by atoms with Crippen molar-refractivity contribution in [1.82, 2.24) is 41.8 Å². The molecule has 0 spiro atoms. The van der Waals surface area contributed by atoms with Crippen molar-refractivity contribution in [1.29, 1.82) is 0 Å². The molecule has 1 saturated heterocycles. The molecule has 1 aromatic heterocycles. The Balaban J connectivity index is 1.83. The molecule has 0 saturated carbocycles. The number of benzene rings is 1. The van der Waals surface area contributed by atoms with Crippen LogP contribution in [0.4, 0.5) is 0 Å². The summed E-state index contributed by atoms with van der Waals surface area (Å²) < 4.78 is 0. The predicted octanol–water partition coefficient (Wildman–Crippen LogP) is -1.27. The van der Waals surface area contributed by atoms with Crippen molar-refractivity contribution in [3.8, 4) is 0 Å². The number of hydrogen-bond donors (Lipinski definition) is 11. The number of thioether (sulfide) groups is 1. The normalized spacial score (nSPS) is 17.0. The van der Waals surface area contributed by atoms with Gasteiger partial charge in [0, 0.05) is 36.6 Å². The first-order chi connectivity index (χ1) is 30.6. The molecule has 21 nitrogen and oxygen atoms in total. The summed E-state index contributed by atoms with van der Waals surface area (Å²) in [7, 11) is 0. The van der Waals surface area contributed by atoms with E-state index in [0.717, 1.165) is 10.9 Å². The number of likely N-dealkylation sites (tertiary alicyclic amines) is 1. The molecule has 15 N–H and O–H groups in total. The molecule has 1 fully saturated rings. The first kappa shape index (κ1) is 53.4. The number of carbonyl (C=O) groups excluding carboxylic acids is 8. The molecule has 65 heavy (non-hydrogen) atoms. The Morgan fingerprint density at radius 3 is 2.18 bits per heavy atom. The summed E-state index contributed by atoms with van der Waals surface area (Å²) in [5.41, 5.74) is 21.9. The third-order valence-corrected chi connectivity index (χ3v) is 12.0. The fourth-order valence-corrected chi connectivity index (χ4v) is 7.70. The zero-order valence-corrected chi connectivity index (χ0v) is 39.3. The number of amides is 8. The van der Waals surface area contributed by atoms with Gasteiger partial charge in [0.05, 0.1) is 6.04 Å². The fourth-order valence-electron chi connectivity index (χ4n) is 7.22. The Morgan fingerprint density at radius 1 is 0.877 bits per heavy atom. The maximum absolute atomic E-state index is 14.7. The van der Waals surface area contributed by atoms with Gasteiger partial charge in [0.25, 0.3) is 0 Å². The summed E-state index contributed by atoms with van der Waals surface area (Å²) in [6.45, 7) is 9.83. The minimum absolute atomic E-state index is 0.00999. The van der Waals surface area contributed by atoms with Gasteiger partial charge >= 0.3 is 0 Å². The van der Waals surface area contributed by atoms with Crippen LogP contribution in [-0.2, 0) is 44.8 Å². The van der Waals surface area contributed by atoms with E-state index in [1.54, 1.807) is 13.1 Å². The standard InChI is InChI=1S/C43H69N13O8S/c1-8-23(2)33(39(62)51-29(34(45)57)15-11-18-48-42(46)47)54-38(61)32-16-12-19-56(32)40(63)31(21-26-22-49-28-14-10-9-13-27(26)28)53-41(64)43(5,6)55-36(59)25(4)50-37(60)30(17-20-65-7)52-35(58)24(3)44/h9-10,13-14,22-25,29-33,49H,8,11-12,15-21,44H2,1-7H3,(H2,45,57)(H,50,60)(H,51,62)(H,52,58)(H,53,64)(H,54,61)(H,55,59)(H4,46,47,48)/t23-,24-,25-,29-,30-,31+,32+,33+/m0/s1. The van der Waals surface area contributed by atoms with Gasteiger partial charge in [0.1, 0.15) is 41.8 Å². The van der Waals surface area contributed by atoms with E-state index in [9.17, 15) is 38.4 Å². The van der Waals surface area contributed by atoms with Crippen LogP contribution < -0.4 is 54.8 Å². The number of nitrogens with two attached hydrogens (primary N) is 4. The number of para-hydroxylation sites is 1. The van der Waals surface area contributed by atoms with E-state index in [2.05, 4.69) is 41.9 Å². The Kier molecular flexibility index (Phi) is 20.5. The van der Waals surface area contributed by atoms with Gasteiger partial charge in [-0.05, 0) is 89.4 Å². The van der Waals surface area contributed by atoms with Crippen molar-refractivity contribution >= 4 is 75.9 Å². The molecule has 0 unspecified atom stereocenters. The number of aromatic amines is 1. The van der Waals surface area contributed by atoms with Crippen molar-refractivity contribution in [2.75, 3.05) is 25.1 Å². The van der Waals surface area contributed by atoms with E-state index in [4.69, 9.17) is 22.9 Å². The second-order valence-electron chi connectivity index (χ2n) is 17.0. The first-order valence-electron chi connectivity index (χ1n) is 21.9. The third-order valence-electron chi connectivity index (χ3n) is 11.4. The molecule has 1 aliphatic rings. The third kappa shape index (κ3) is 15.6. The topological polar surface area (TPSA) is 344 Å². The van der Waals surface area contributed by atoms with Crippen molar-refractivity contribution < 1.29 is 38.4 Å². The minimum Gasteiger partial charge on any atom is -0.370 e. The number of aliphatic imine (C=N–C) groups is 1. The highest BCUT2D eigenvalue weighted by Gasteiger charge is 2.42. The fraction of sp³-hybridized carbons (Fsp3) is 0.605. The van der Waals surface area contributed by atoms with Gasteiger partial charge in [-0.1, -0.05) is 38.5 Å². The van der Waals surface area contributed by atoms with Gasteiger partial charge < -0.3 is 64.7 Å². The Labute approximate surface area is 384 Å². The van der Waals surface area contributed by atoms with Gasteiger partial charge in [-0.3, -0.25) is 43.3 Å². The molecule has 360 valence electrons. The average molecular weight is 928 g/mol. The average Bonchev–Trinajstić information content (AvgIpc) is 3.91. The molecular formula is C43H69N13O8S. The number of rotatable bonds is 25. The van der Waals surface area contributed by atoms with E-state index in [1.165, 1.54) is 44.4 Å². The summed E-state index contributed by atoms with van der Waals surface area (Å²) in [5, 5.41) is 17.0. The lowest BCUT2D eigenvalue weighted by Crippen LogP contribution is -2.63. The zero-order chi connectivity index (χ0) is 48.6. The summed E-state index contributed by atoms with van der Waals surface area (Å²) in [5.74, 6) is -5.06. The number of nitrogens with one attached hydrogen (secondary N) is 7. The number of hydrogen-bond acceptors (Lipinski definition) is 11. The van der Waals surface area contributed by atoms with Crippen LogP contribution in [0.3, 0.4) is 0 Å². The molecule has 3 rings (SSSR count). The number of primary amides is 1. The summed E-state index contributed by atoms with van der Waals surface area (Å²) >= 11 is 1.48. The van der Waals surface area contributed by atoms with Crippen LogP contribution in [-0.4, -0.2) is 136 Å². The van der Waals surface area contributed by atoms with Crippen LogP contribution >= 0.6 is 11.8 Å². The second-order valence-corrected chi connectivity index (χ2v) is 18.0. The zero-order valence-electron chi connectivity index (χ0n) is 38.5. The SMILES string of the molecule is CC[C@H](C)[C@@H](NC(=O)[C@H]1CCCN1C(=O)[C@@H](Cc1c[nH]c2ccccc12)NC(=O)C(C)(C)NC(=O)[C@H](C)NC(=O)[C@H](CCSC)NC(=O)[C@H](C)N)C(=O)N[C@@H](CCCN=C(N)N)C(N)=O. The molecule has 2 heterocycles. The highest BCUT2D eigenvalue weighted by atomic mass is 32.2. The molecule has 0 radical (unpaired) electrons. The molecule has 8 amide bonds. The number of fused-ring (bicyclic) bond motifs is 1. The van der Waals surface area contributed by atoms with Crippen LogP contribution in [0.1, 0.15) is 85.6 Å². The van der Waals surface area contributed by atoms with Crippen molar-refractivity contribution in [2.45, 2.75) is 134 Å². The van der Waals surface area contributed by atoms with Crippen LogP contribution in [0.5, 0.6) is 0 Å². The number of nitrogens with zero attached hydrogens (tertiary/aromatic N) is 2. The lowest BCUT2D eigenvalue weighted by molar-refractivity contribution is -0.143. The molecular weight excluding hydrogens is 859 g/mol. The Bertz CT molecular complexity index is 2040. The summed E-state index contributed by atoms with van der Waals surface area (Å²) in [4.78, 5) is 116. The quantitative estimate of drug-likeness (QED) is 0.0316. The molecule has 8 atom stereocenters. The van der Waals surface area contributed by atoms with Crippen LogP contribution in [0.25, 0.3) is 10.9 Å². The predicted molar refractivity (Wildman–Crippen MR) is 249 cm³/mol. The number of guanidine groups is 1. The number of H-pyrrole nitrogens is 1. The van der Waals surface area contributed by atoms with E-state index in [-0.39, 0.29) is 50.7 Å². The largest absolute Gasteiger partial charge is 0.370 e. The van der Waals surface area contributed by atoms with E-state index >= 15 is 0 Å². The van der Waals surface area contributed by atoms with Gasteiger partial charge in [-0.15, -0.1) is 0 Å². The van der Waals surface area contributed by atoms with Gasteiger partial charge in [0.15, 0.2) is 5.96 Å². The summed E-state index contributed by atoms with van der Waals surface area (Å²) in [6.07, 6.45) is 5.59. The molecule has 2 aromatic rings. The maximum atomic E-state index is 14.7. The summed E-state index contributed by atoms with van der Waals surface area (Å²) in [6, 6.07) is 0.115. The molecule has 0 aliphatic carbocycles. The van der Waals surface area contributed by atoms with Crippen molar-refractivity contribution in [3.05, 3.63) is 36.0 Å². The van der Waals surface area contributed by atoms with Gasteiger partial charge in [0.2, 0.25) is 47.3 Å². The first-order valence-corrected chi connectivity index (χ1v) is 23.3. The van der Waals surface area contributed by atoms with Crippen LogP contribution in [0.15, 0.2) is 35.5 Å². The van der Waals surface area contributed by atoms with Crippen molar-refractivity contribution in [2.24, 2.45) is 33.8 Å². The Morgan fingerprint density at radius 2 is 1.55 bits per heavy atom. The minimum atomic E-state index is -1.62. The maximum Gasteiger partial charge on any atom is 0.246 e. The number of aromatic nitrogens is 1. The van der Waals surface area contributed by atoms with Gasteiger partial charge in [-0.2, -0.15) is 11.8 Å². The number of carbonyl (C=O) groups is 8. The van der Waals surface area contributed by atoms with E-state index in [0.29, 0.717) is 30.6 Å². The van der Waals surface area contributed by atoms with Crippen LogP contribution in [0, 0.1) is 5.92 Å². The highest BCUT2D eigenvalue weighted by molar-refractivity contribution is 7.98. The Hall–Kier alpha value is -5.90. The highest BCUT2D eigenvalue weighted by Crippen LogP contribution is 2.24. The van der Waals surface area contributed by atoms with E-state index in [1.807, 2.05) is 37.4 Å². The van der Waals surface area contributed by atoms with Crippen molar-refractivity contribution in [3.63, 3.8) is 0 Å².